The van der Waals surface area contributed by atoms with Gasteiger partial charge < -0.3 is 10.2 Å². The van der Waals surface area contributed by atoms with E-state index in [1.54, 1.807) is 6.08 Å². The lowest BCUT2D eigenvalue weighted by molar-refractivity contribution is -0.0465. The van der Waals surface area contributed by atoms with Gasteiger partial charge in [-0.3, -0.25) is 0 Å². The average Bonchev–Trinajstić information content (AvgIpc) is 2.17. The van der Waals surface area contributed by atoms with Crippen molar-refractivity contribution < 1.29 is 10.2 Å². The van der Waals surface area contributed by atoms with Crippen LogP contribution in [0.3, 0.4) is 0 Å². The van der Waals surface area contributed by atoms with Gasteiger partial charge in [-0.05, 0) is 25.7 Å². The van der Waals surface area contributed by atoms with Crippen LogP contribution in [-0.4, -0.2) is 21.9 Å². The maximum atomic E-state index is 10.1. The predicted molar refractivity (Wildman–Crippen MR) is 59.9 cm³/mol. The molecule has 0 aliphatic heterocycles. The largest absolute Gasteiger partial charge is 0.390 e. The SMILES string of the molecule is [CH2]CCC=CC(O)(CCC)C(O)CC. The standard InChI is InChI=1S/C12H23O2/c1-4-7-8-10-12(14,9-5-2)11(13)6-3/h8,10-11,13-14H,1,4-7,9H2,2-3H3. The van der Waals surface area contributed by atoms with Gasteiger partial charge in [-0.1, -0.05) is 39.3 Å². The number of unbranched alkanes of at least 4 members (excludes halogenated alkanes) is 1. The summed E-state index contributed by atoms with van der Waals surface area (Å²) in [7, 11) is 0. The first-order valence-corrected chi connectivity index (χ1v) is 5.48. The molecule has 0 aliphatic carbocycles. The van der Waals surface area contributed by atoms with E-state index < -0.39 is 11.7 Å². The lowest BCUT2D eigenvalue weighted by Crippen LogP contribution is -2.39. The van der Waals surface area contributed by atoms with Crippen LogP contribution in [0.15, 0.2) is 12.2 Å². The van der Waals surface area contributed by atoms with Gasteiger partial charge in [0, 0.05) is 0 Å². The third-order valence-corrected chi connectivity index (χ3v) is 2.39. The van der Waals surface area contributed by atoms with Crippen LogP contribution >= 0.6 is 0 Å². The minimum atomic E-state index is -1.04. The molecule has 2 nitrogen and oxygen atoms in total. The van der Waals surface area contributed by atoms with E-state index in [0.29, 0.717) is 12.8 Å². The van der Waals surface area contributed by atoms with Crippen molar-refractivity contribution in [1.29, 1.82) is 0 Å². The maximum Gasteiger partial charge on any atom is 0.108 e. The van der Waals surface area contributed by atoms with Crippen LogP contribution in [0.4, 0.5) is 0 Å². The Bertz CT molecular complexity index is 166. The lowest BCUT2D eigenvalue weighted by Gasteiger charge is -2.29. The highest BCUT2D eigenvalue weighted by molar-refractivity contribution is 5.04. The zero-order valence-electron chi connectivity index (χ0n) is 9.37. The average molecular weight is 199 g/mol. The summed E-state index contributed by atoms with van der Waals surface area (Å²) in [5.41, 5.74) is -1.04. The monoisotopic (exact) mass is 199 g/mol. The van der Waals surface area contributed by atoms with Crippen LogP contribution in [0.1, 0.15) is 46.0 Å². The van der Waals surface area contributed by atoms with E-state index in [2.05, 4.69) is 6.92 Å². The normalized spacial score (nSPS) is 18.4. The topological polar surface area (TPSA) is 40.5 Å². The summed E-state index contributed by atoms with van der Waals surface area (Å²) >= 11 is 0. The van der Waals surface area contributed by atoms with Crippen LogP contribution in [0.5, 0.6) is 0 Å². The first kappa shape index (κ1) is 13.7. The van der Waals surface area contributed by atoms with E-state index in [4.69, 9.17) is 0 Å². The zero-order chi connectivity index (χ0) is 11.0. The molecule has 0 bridgehead atoms. The molecule has 0 amide bonds. The number of rotatable bonds is 7. The van der Waals surface area contributed by atoms with Crippen molar-refractivity contribution in [3.05, 3.63) is 19.1 Å². The molecule has 0 saturated carbocycles. The van der Waals surface area contributed by atoms with E-state index in [1.807, 2.05) is 19.9 Å². The molecular weight excluding hydrogens is 176 g/mol. The first-order chi connectivity index (χ1) is 6.60. The summed E-state index contributed by atoms with van der Waals surface area (Å²) in [5.74, 6) is 0. The van der Waals surface area contributed by atoms with Crippen molar-refractivity contribution in [3.63, 3.8) is 0 Å². The van der Waals surface area contributed by atoms with E-state index in [0.717, 1.165) is 19.3 Å². The minimum absolute atomic E-state index is 0.575. The Labute approximate surface area is 87.7 Å². The van der Waals surface area contributed by atoms with Crippen molar-refractivity contribution in [3.8, 4) is 0 Å². The molecule has 0 aromatic rings. The number of aliphatic hydroxyl groups excluding tert-OH is 1. The summed E-state index contributed by atoms with van der Waals surface area (Å²) in [4.78, 5) is 0. The molecule has 0 aliphatic rings. The highest BCUT2D eigenvalue weighted by Gasteiger charge is 2.30. The van der Waals surface area contributed by atoms with Crippen LogP contribution < -0.4 is 0 Å². The molecule has 0 rings (SSSR count). The van der Waals surface area contributed by atoms with Gasteiger partial charge in [-0.15, -0.1) is 0 Å². The first-order valence-electron chi connectivity index (χ1n) is 5.48. The van der Waals surface area contributed by atoms with Crippen LogP contribution in [-0.2, 0) is 0 Å². The second kappa shape index (κ2) is 7.02. The van der Waals surface area contributed by atoms with Gasteiger partial charge in [0.25, 0.3) is 0 Å². The molecule has 1 radical (unpaired) electrons. The molecule has 2 atom stereocenters. The van der Waals surface area contributed by atoms with Crippen molar-refractivity contribution in [1.82, 2.24) is 0 Å². The van der Waals surface area contributed by atoms with Crippen molar-refractivity contribution in [2.45, 2.75) is 57.7 Å². The third-order valence-electron chi connectivity index (χ3n) is 2.39. The van der Waals surface area contributed by atoms with Gasteiger partial charge in [0.05, 0.1) is 6.10 Å². The van der Waals surface area contributed by atoms with Crippen molar-refractivity contribution in [2.75, 3.05) is 0 Å². The zero-order valence-corrected chi connectivity index (χ0v) is 9.37. The number of aliphatic hydroxyl groups is 2. The van der Waals surface area contributed by atoms with Crippen LogP contribution in [0, 0.1) is 6.92 Å². The second-order valence-electron chi connectivity index (χ2n) is 3.71. The minimum Gasteiger partial charge on any atom is -0.390 e. The fraction of sp³-hybridized carbons (Fsp3) is 0.750. The Morgan fingerprint density at radius 1 is 1.43 bits per heavy atom. The summed E-state index contributed by atoms with van der Waals surface area (Å²) in [6.45, 7) is 7.60. The molecule has 2 unspecified atom stereocenters. The molecule has 0 spiro atoms. The third kappa shape index (κ3) is 4.25. The molecule has 0 fully saturated rings. The molecule has 0 heterocycles. The van der Waals surface area contributed by atoms with E-state index >= 15 is 0 Å². The van der Waals surface area contributed by atoms with Gasteiger partial charge in [-0.25, -0.2) is 0 Å². The quantitative estimate of drug-likeness (QED) is 0.618. The molecule has 14 heavy (non-hydrogen) atoms. The maximum absolute atomic E-state index is 10.1. The Morgan fingerprint density at radius 2 is 2.07 bits per heavy atom. The molecule has 83 valence electrons. The molecular formula is C12H23O2. The van der Waals surface area contributed by atoms with Crippen molar-refractivity contribution in [2.24, 2.45) is 0 Å². The Morgan fingerprint density at radius 3 is 2.50 bits per heavy atom. The molecule has 0 aromatic carbocycles. The Kier molecular flexibility index (Phi) is 6.85. The van der Waals surface area contributed by atoms with E-state index in [1.165, 1.54) is 0 Å². The highest BCUT2D eigenvalue weighted by atomic mass is 16.3. The molecule has 0 saturated heterocycles. The fourth-order valence-corrected chi connectivity index (χ4v) is 1.52. The van der Waals surface area contributed by atoms with Gasteiger partial charge in [0.15, 0.2) is 0 Å². The smallest absolute Gasteiger partial charge is 0.108 e. The van der Waals surface area contributed by atoms with Crippen LogP contribution in [0.25, 0.3) is 0 Å². The summed E-state index contributed by atoms with van der Waals surface area (Å²) in [5, 5.41) is 19.8. The van der Waals surface area contributed by atoms with Gasteiger partial charge in [0.2, 0.25) is 0 Å². The van der Waals surface area contributed by atoms with Gasteiger partial charge >= 0.3 is 0 Å². The van der Waals surface area contributed by atoms with Crippen LogP contribution in [0.2, 0.25) is 0 Å². The second-order valence-corrected chi connectivity index (χ2v) is 3.71. The molecule has 0 aromatic heterocycles. The number of allylic oxidation sites excluding steroid dienone is 1. The number of hydrogen-bond donors (Lipinski definition) is 2. The highest BCUT2D eigenvalue weighted by Crippen LogP contribution is 2.22. The summed E-state index contributed by atoms with van der Waals surface area (Å²) in [6.07, 6.45) is 6.69. The molecule has 2 heteroatoms. The predicted octanol–water partition coefficient (Wildman–Crippen LogP) is 2.46. The lowest BCUT2D eigenvalue weighted by atomic mass is 9.89. The Hall–Kier alpha value is -0.340. The van der Waals surface area contributed by atoms with Crippen molar-refractivity contribution >= 4 is 0 Å². The Balaban J connectivity index is 4.37. The van der Waals surface area contributed by atoms with E-state index in [9.17, 15) is 10.2 Å². The summed E-state index contributed by atoms with van der Waals surface area (Å²) < 4.78 is 0. The van der Waals surface area contributed by atoms with Gasteiger partial charge in [-0.2, -0.15) is 0 Å². The molecule has 2 N–H and O–H groups in total. The number of hydrogen-bond acceptors (Lipinski definition) is 2. The van der Waals surface area contributed by atoms with Gasteiger partial charge in [0.1, 0.15) is 5.60 Å². The summed E-state index contributed by atoms with van der Waals surface area (Å²) in [6, 6.07) is 0. The fourth-order valence-electron chi connectivity index (χ4n) is 1.52. The van der Waals surface area contributed by atoms with E-state index in [-0.39, 0.29) is 0 Å².